The number of thiocarbonyl (C=S) groups is 1. The zero-order valence-electron chi connectivity index (χ0n) is 16.1. The number of rotatable bonds is 8. The van der Waals surface area contributed by atoms with Gasteiger partial charge in [-0.05, 0) is 30.8 Å². The molecule has 0 bridgehead atoms. The summed E-state index contributed by atoms with van der Waals surface area (Å²) in [4.78, 5) is 34.8. The zero-order valence-corrected chi connectivity index (χ0v) is 16.9. The molecule has 0 spiro atoms. The molecule has 1 atom stereocenters. The molecule has 0 unspecified atom stereocenters. The third kappa shape index (κ3) is 4.60. The fourth-order valence-corrected chi connectivity index (χ4v) is 3.15. The lowest BCUT2D eigenvalue weighted by molar-refractivity contribution is -0.130. The molecule has 2 aromatic rings. The summed E-state index contributed by atoms with van der Waals surface area (Å²) in [6.07, 6.45) is 7.41. The number of anilines is 1. The molecule has 1 aromatic heterocycles. The number of aliphatic imine (C=N–C) groups is 1. The van der Waals surface area contributed by atoms with Crippen LogP contribution in [-0.4, -0.2) is 53.5 Å². The van der Waals surface area contributed by atoms with Gasteiger partial charge in [0.05, 0.1) is 26.2 Å². The van der Waals surface area contributed by atoms with E-state index in [0.29, 0.717) is 23.7 Å². The van der Waals surface area contributed by atoms with E-state index in [4.69, 9.17) is 21.7 Å². The monoisotopic (exact) mass is 415 g/mol. The normalized spacial score (nSPS) is 17.0. The molecule has 3 rings (SSSR count). The van der Waals surface area contributed by atoms with Gasteiger partial charge in [-0.1, -0.05) is 0 Å². The molecule has 0 aliphatic carbocycles. The first kappa shape index (κ1) is 20.5. The van der Waals surface area contributed by atoms with Crippen molar-refractivity contribution in [3.8, 4) is 11.5 Å². The van der Waals surface area contributed by atoms with Gasteiger partial charge in [-0.3, -0.25) is 19.5 Å². The molecule has 10 heteroatoms. The van der Waals surface area contributed by atoms with Crippen LogP contribution in [0, 0.1) is 5.92 Å². The third-order valence-corrected chi connectivity index (χ3v) is 4.63. The van der Waals surface area contributed by atoms with E-state index in [0.717, 1.165) is 13.0 Å². The van der Waals surface area contributed by atoms with E-state index in [1.807, 2.05) is 10.8 Å². The summed E-state index contributed by atoms with van der Waals surface area (Å²) in [7, 11) is 3.00. The maximum atomic E-state index is 13.0. The lowest BCUT2D eigenvalue weighted by Crippen LogP contribution is -2.58. The second-order valence-electron chi connectivity index (χ2n) is 6.19. The molecule has 152 valence electrons. The fraction of sp³-hybridized carbons (Fsp3) is 0.316. The number of amides is 2. The van der Waals surface area contributed by atoms with E-state index in [1.165, 1.54) is 25.3 Å². The van der Waals surface area contributed by atoms with Crippen LogP contribution in [-0.2, 0) is 16.1 Å². The van der Waals surface area contributed by atoms with E-state index in [1.54, 1.807) is 30.7 Å². The number of carbonyl (C=O) groups is 2. The molecular weight excluding hydrogens is 394 g/mol. The first-order valence-corrected chi connectivity index (χ1v) is 9.32. The molecular formula is C19H21N5O4S. The van der Waals surface area contributed by atoms with Crippen LogP contribution in [0.3, 0.4) is 0 Å². The number of hydrogen-bond acceptors (Lipinski definition) is 7. The Kier molecular flexibility index (Phi) is 6.55. The molecule has 1 aromatic carbocycles. The molecule has 9 nitrogen and oxygen atoms in total. The standard InChI is InChI=1S/C19H21N5O4S/c1-27-13-4-5-16(28-2)15(10-13)24-18(26)14(17(25)22-19(24)29)11-20-6-3-8-23-9-7-21-12-23/h4-5,7,9-12,14H,3,6,8H2,1-2H3,(H,22,25,29)/t14-/m1/s1. The van der Waals surface area contributed by atoms with Crippen LogP contribution in [0.5, 0.6) is 11.5 Å². The highest BCUT2D eigenvalue weighted by Gasteiger charge is 2.39. The Morgan fingerprint density at radius 3 is 2.83 bits per heavy atom. The number of aryl methyl sites for hydroxylation is 1. The fourth-order valence-electron chi connectivity index (χ4n) is 2.86. The van der Waals surface area contributed by atoms with Gasteiger partial charge in [0.1, 0.15) is 11.5 Å². The number of hydrogen-bond donors (Lipinski definition) is 1. The summed E-state index contributed by atoms with van der Waals surface area (Å²) >= 11 is 5.23. The highest BCUT2D eigenvalue weighted by molar-refractivity contribution is 7.80. The molecule has 1 aliphatic rings. The van der Waals surface area contributed by atoms with Gasteiger partial charge < -0.3 is 19.4 Å². The van der Waals surface area contributed by atoms with Crippen LogP contribution in [0.1, 0.15) is 6.42 Å². The third-order valence-electron chi connectivity index (χ3n) is 4.35. The maximum Gasteiger partial charge on any atom is 0.251 e. The minimum atomic E-state index is -1.08. The Bertz CT molecular complexity index is 929. The number of nitrogens with zero attached hydrogens (tertiary/aromatic N) is 4. The minimum absolute atomic E-state index is 0.0173. The Balaban J connectivity index is 1.75. The maximum absolute atomic E-state index is 13.0. The number of carbonyl (C=O) groups excluding carboxylic acids is 2. The molecule has 2 heterocycles. The van der Waals surface area contributed by atoms with Crippen LogP contribution in [0.25, 0.3) is 0 Å². The quantitative estimate of drug-likeness (QED) is 0.303. The summed E-state index contributed by atoms with van der Waals surface area (Å²) < 4.78 is 12.5. The number of benzene rings is 1. The summed E-state index contributed by atoms with van der Waals surface area (Å²) in [5, 5.41) is 2.54. The molecule has 1 N–H and O–H groups in total. The smallest absolute Gasteiger partial charge is 0.251 e. The topological polar surface area (TPSA) is 98.1 Å². The predicted molar refractivity (Wildman–Crippen MR) is 111 cm³/mol. The van der Waals surface area contributed by atoms with Crippen molar-refractivity contribution in [3.05, 3.63) is 36.9 Å². The molecule has 1 fully saturated rings. The summed E-state index contributed by atoms with van der Waals surface area (Å²) in [5.74, 6) is -1.13. The van der Waals surface area contributed by atoms with Crippen molar-refractivity contribution < 1.29 is 19.1 Å². The largest absolute Gasteiger partial charge is 0.497 e. The van der Waals surface area contributed by atoms with Gasteiger partial charge in [0.15, 0.2) is 11.0 Å². The molecule has 0 saturated carbocycles. The average molecular weight is 415 g/mol. The Morgan fingerprint density at radius 1 is 1.31 bits per heavy atom. The van der Waals surface area contributed by atoms with Gasteiger partial charge in [-0.2, -0.15) is 0 Å². The second-order valence-corrected chi connectivity index (χ2v) is 6.58. The zero-order chi connectivity index (χ0) is 20.8. The Hall–Kier alpha value is -3.27. The SMILES string of the molecule is COc1ccc(OC)c(N2C(=O)[C@H](C=NCCCn3ccnc3)C(=O)NC2=S)c1. The highest BCUT2D eigenvalue weighted by Crippen LogP contribution is 2.34. The summed E-state index contributed by atoms with van der Waals surface area (Å²) in [5.41, 5.74) is 0.389. The number of ether oxygens (including phenoxy) is 2. The predicted octanol–water partition coefficient (Wildman–Crippen LogP) is 1.43. The first-order chi connectivity index (χ1) is 14.0. The molecule has 29 heavy (non-hydrogen) atoms. The lowest BCUT2D eigenvalue weighted by Gasteiger charge is -2.31. The second kappa shape index (κ2) is 9.28. The number of imidazole rings is 1. The number of nitrogens with one attached hydrogen (secondary N) is 1. The number of methoxy groups -OCH3 is 2. The van der Waals surface area contributed by atoms with Gasteiger partial charge in [-0.25, -0.2) is 4.98 Å². The van der Waals surface area contributed by atoms with Gasteiger partial charge in [0.25, 0.3) is 5.91 Å². The van der Waals surface area contributed by atoms with Crippen LogP contribution >= 0.6 is 12.2 Å². The van der Waals surface area contributed by atoms with Crippen molar-refractivity contribution in [1.29, 1.82) is 0 Å². The van der Waals surface area contributed by atoms with Gasteiger partial charge in [-0.15, -0.1) is 0 Å². The summed E-state index contributed by atoms with van der Waals surface area (Å²) in [6, 6.07) is 5.00. The van der Waals surface area contributed by atoms with Crippen molar-refractivity contribution in [2.45, 2.75) is 13.0 Å². The molecule has 2 amide bonds. The van der Waals surface area contributed by atoms with Crippen LogP contribution in [0.4, 0.5) is 5.69 Å². The molecule has 1 aliphatic heterocycles. The van der Waals surface area contributed by atoms with Crippen molar-refractivity contribution >= 4 is 41.0 Å². The molecule has 0 radical (unpaired) electrons. The van der Waals surface area contributed by atoms with Gasteiger partial charge in [0, 0.05) is 37.8 Å². The van der Waals surface area contributed by atoms with Crippen molar-refractivity contribution in [3.63, 3.8) is 0 Å². The number of aromatic nitrogens is 2. The molecule has 1 saturated heterocycles. The Labute approximate surface area is 173 Å². The van der Waals surface area contributed by atoms with E-state index in [2.05, 4.69) is 15.3 Å². The van der Waals surface area contributed by atoms with Gasteiger partial charge in [0.2, 0.25) is 5.91 Å². The van der Waals surface area contributed by atoms with Crippen LogP contribution < -0.4 is 19.7 Å². The average Bonchev–Trinajstić information content (AvgIpc) is 3.23. The van der Waals surface area contributed by atoms with Crippen molar-refractivity contribution in [2.75, 3.05) is 25.7 Å². The van der Waals surface area contributed by atoms with E-state index >= 15 is 0 Å². The first-order valence-electron chi connectivity index (χ1n) is 8.91. The van der Waals surface area contributed by atoms with E-state index < -0.39 is 17.7 Å². The minimum Gasteiger partial charge on any atom is -0.497 e. The highest BCUT2D eigenvalue weighted by atomic mass is 32.1. The van der Waals surface area contributed by atoms with Crippen molar-refractivity contribution in [2.24, 2.45) is 10.9 Å². The van der Waals surface area contributed by atoms with Crippen molar-refractivity contribution in [1.82, 2.24) is 14.9 Å². The van der Waals surface area contributed by atoms with E-state index in [9.17, 15) is 9.59 Å². The summed E-state index contributed by atoms with van der Waals surface area (Å²) in [6.45, 7) is 1.22. The lowest BCUT2D eigenvalue weighted by atomic mass is 10.1. The Morgan fingerprint density at radius 2 is 2.14 bits per heavy atom. The van der Waals surface area contributed by atoms with Crippen LogP contribution in [0.15, 0.2) is 41.9 Å². The van der Waals surface area contributed by atoms with E-state index in [-0.39, 0.29) is 5.11 Å². The van der Waals surface area contributed by atoms with Crippen LogP contribution in [0.2, 0.25) is 0 Å². The van der Waals surface area contributed by atoms with Gasteiger partial charge >= 0.3 is 0 Å².